The van der Waals surface area contributed by atoms with Crippen LogP contribution in [0.4, 0.5) is 5.69 Å². The molecule has 0 saturated carbocycles. The van der Waals surface area contributed by atoms with Crippen LogP contribution in [0.25, 0.3) is 0 Å². The number of ether oxygens (including phenoxy) is 2. The molecule has 2 aromatic carbocycles. The molecule has 8 heteroatoms. The third-order valence-electron chi connectivity index (χ3n) is 4.87. The van der Waals surface area contributed by atoms with Crippen molar-refractivity contribution in [3.63, 3.8) is 0 Å². The number of nitrogens with one attached hydrogen (secondary N) is 1. The van der Waals surface area contributed by atoms with E-state index in [-0.39, 0.29) is 10.8 Å². The lowest BCUT2D eigenvalue weighted by atomic mass is 10.2. The Kier molecular flexibility index (Phi) is 7.33. The minimum absolute atomic E-state index is 0.238. The normalized spacial score (nSPS) is 14.9. The van der Waals surface area contributed by atoms with Gasteiger partial charge in [-0.3, -0.25) is 4.79 Å². The van der Waals surface area contributed by atoms with Crippen molar-refractivity contribution in [1.29, 1.82) is 0 Å². The van der Waals surface area contributed by atoms with Crippen LogP contribution in [-0.2, 0) is 10.0 Å². The second kappa shape index (κ2) is 9.95. The van der Waals surface area contributed by atoms with Crippen LogP contribution >= 0.6 is 0 Å². The Hall–Kier alpha value is -2.58. The van der Waals surface area contributed by atoms with Crippen LogP contribution in [0.2, 0.25) is 0 Å². The van der Waals surface area contributed by atoms with Crippen LogP contribution in [0.15, 0.2) is 47.4 Å². The molecule has 1 saturated heterocycles. The Labute approximate surface area is 178 Å². The lowest BCUT2D eigenvalue weighted by Crippen LogP contribution is -2.35. The number of piperidine rings is 1. The molecule has 0 atom stereocenters. The second-order valence-corrected chi connectivity index (χ2v) is 8.91. The van der Waals surface area contributed by atoms with Crippen molar-refractivity contribution < 1.29 is 22.7 Å². The van der Waals surface area contributed by atoms with Gasteiger partial charge in [-0.1, -0.05) is 6.42 Å². The van der Waals surface area contributed by atoms with Gasteiger partial charge < -0.3 is 14.8 Å². The number of carbonyl (C=O) groups is 1. The van der Waals surface area contributed by atoms with Gasteiger partial charge in [0, 0.05) is 24.3 Å². The average Bonchev–Trinajstić information content (AvgIpc) is 2.76. The Morgan fingerprint density at radius 2 is 1.57 bits per heavy atom. The Balaban J connectivity index is 1.72. The molecule has 162 valence electrons. The largest absolute Gasteiger partial charge is 0.490 e. The van der Waals surface area contributed by atoms with E-state index in [0.29, 0.717) is 49.1 Å². The molecule has 0 aromatic heterocycles. The molecular formula is C22H28N2O5S. The minimum atomic E-state index is -3.49. The highest BCUT2D eigenvalue weighted by Crippen LogP contribution is 2.29. The van der Waals surface area contributed by atoms with Gasteiger partial charge in [0.1, 0.15) is 0 Å². The molecule has 1 amide bonds. The number of carbonyl (C=O) groups excluding carboxylic acids is 1. The maximum Gasteiger partial charge on any atom is 0.255 e. The quantitative estimate of drug-likeness (QED) is 0.684. The topological polar surface area (TPSA) is 84.9 Å². The molecule has 2 aromatic rings. The van der Waals surface area contributed by atoms with Crippen molar-refractivity contribution in [2.75, 3.05) is 31.6 Å². The van der Waals surface area contributed by atoms with Gasteiger partial charge in [-0.15, -0.1) is 0 Å². The summed E-state index contributed by atoms with van der Waals surface area (Å²) < 4.78 is 38.1. The standard InChI is InChI=1S/C22H28N2O5S/c1-3-28-20-13-8-17(16-21(20)29-4-2)22(25)23-18-9-11-19(12-10-18)30(26,27)24-14-6-5-7-15-24/h8-13,16H,3-7,14-15H2,1-2H3,(H,23,25). The van der Waals surface area contributed by atoms with E-state index in [4.69, 9.17) is 9.47 Å². The molecule has 7 nitrogen and oxygen atoms in total. The first kappa shape index (κ1) is 22.1. The van der Waals surface area contributed by atoms with Crippen LogP contribution in [0.1, 0.15) is 43.5 Å². The van der Waals surface area contributed by atoms with Crippen molar-refractivity contribution >= 4 is 21.6 Å². The zero-order chi connectivity index (χ0) is 21.6. The predicted molar refractivity (Wildman–Crippen MR) is 116 cm³/mol. The van der Waals surface area contributed by atoms with Crippen molar-refractivity contribution in [2.45, 2.75) is 38.0 Å². The number of hydrogen-bond acceptors (Lipinski definition) is 5. The Bertz CT molecular complexity index is 968. The van der Waals surface area contributed by atoms with Gasteiger partial charge in [0.15, 0.2) is 11.5 Å². The highest BCUT2D eigenvalue weighted by Gasteiger charge is 2.25. The summed E-state index contributed by atoms with van der Waals surface area (Å²) in [6.45, 7) is 5.81. The van der Waals surface area contributed by atoms with Gasteiger partial charge in [0.05, 0.1) is 18.1 Å². The molecule has 1 fully saturated rings. The first-order chi connectivity index (χ1) is 14.5. The molecule has 30 heavy (non-hydrogen) atoms. The van der Waals surface area contributed by atoms with Crippen LogP contribution in [0, 0.1) is 0 Å². The minimum Gasteiger partial charge on any atom is -0.490 e. The lowest BCUT2D eigenvalue weighted by Gasteiger charge is -2.25. The molecule has 0 aliphatic carbocycles. The first-order valence-electron chi connectivity index (χ1n) is 10.3. The third kappa shape index (κ3) is 5.12. The van der Waals surface area contributed by atoms with Gasteiger partial charge in [0.25, 0.3) is 5.91 Å². The summed E-state index contributed by atoms with van der Waals surface area (Å²) in [6.07, 6.45) is 2.84. The fraction of sp³-hybridized carbons (Fsp3) is 0.409. The summed E-state index contributed by atoms with van der Waals surface area (Å²) in [7, 11) is -3.49. The summed E-state index contributed by atoms with van der Waals surface area (Å²) in [5.41, 5.74) is 0.941. The zero-order valence-corrected chi connectivity index (χ0v) is 18.2. The first-order valence-corrected chi connectivity index (χ1v) is 11.7. The summed E-state index contributed by atoms with van der Waals surface area (Å²) >= 11 is 0. The van der Waals surface area contributed by atoms with E-state index in [1.165, 1.54) is 16.4 Å². The SMILES string of the molecule is CCOc1ccc(C(=O)Nc2ccc(S(=O)(=O)N3CCCCC3)cc2)cc1OCC. The molecule has 1 heterocycles. The van der Waals surface area contributed by atoms with Crippen molar-refractivity contribution in [1.82, 2.24) is 4.31 Å². The zero-order valence-electron chi connectivity index (χ0n) is 17.4. The average molecular weight is 433 g/mol. The van der Waals surface area contributed by atoms with Gasteiger partial charge in [0.2, 0.25) is 10.0 Å². The van der Waals surface area contributed by atoms with Crippen LogP contribution in [-0.4, -0.2) is 44.9 Å². The van der Waals surface area contributed by atoms with E-state index < -0.39 is 10.0 Å². The third-order valence-corrected chi connectivity index (χ3v) is 6.78. The molecular weight excluding hydrogens is 404 g/mol. The fourth-order valence-corrected chi connectivity index (χ4v) is 4.88. The number of anilines is 1. The number of amides is 1. The van der Waals surface area contributed by atoms with Crippen LogP contribution in [0.5, 0.6) is 11.5 Å². The molecule has 1 N–H and O–H groups in total. The smallest absolute Gasteiger partial charge is 0.255 e. The predicted octanol–water partition coefficient (Wildman–Crippen LogP) is 3.91. The maximum atomic E-state index is 12.7. The lowest BCUT2D eigenvalue weighted by molar-refractivity contribution is 0.102. The Morgan fingerprint density at radius 3 is 2.20 bits per heavy atom. The Morgan fingerprint density at radius 1 is 0.933 bits per heavy atom. The van der Waals surface area contributed by atoms with E-state index >= 15 is 0 Å². The van der Waals surface area contributed by atoms with E-state index in [9.17, 15) is 13.2 Å². The molecule has 3 rings (SSSR count). The number of rotatable bonds is 8. The number of sulfonamides is 1. The van der Waals surface area contributed by atoms with Gasteiger partial charge in [-0.05, 0) is 69.2 Å². The molecule has 1 aliphatic heterocycles. The molecule has 0 unspecified atom stereocenters. The molecule has 1 aliphatic rings. The van der Waals surface area contributed by atoms with Crippen molar-refractivity contribution in [3.05, 3.63) is 48.0 Å². The van der Waals surface area contributed by atoms with Crippen molar-refractivity contribution in [3.8, 4) is 11.5 Å². The van der Waals surface area contributed by atoms with E-state index in [2.05, 4.69) is 5.32 Å². The molecule has 0 spiro atoms. The van der Waals surface area contributed by atoms with Crippen LogP contribution in [0.3, 0.4) is 0 Å². The molecule has 0 bridgehead atoms. The summed E-state index contributed by atoms with van der Waals surface area (Å²) in [6, 6.07) is 11.3. The highest BCUT2D eigenvalue weighted by atomic mass is 32.2. The summed E-state index contributed by atoms with van der Waals surface area (Å²) in [4.78, 5) is 12.9. The van der Waals surface area contributed by atoms with Gasteiger partial charge in [-0.2, -0.15) is 4.31 Å². The monoisotopic (exact) mass is 432 g/mol. The summed E-state index contributed by atoms with van der Waals surface area (Å²) in [5.74, 6) is 0.781. The fourth-order valence-electron chi connectivity index (χ4n) is 3.36. The number of benzene rings is 2. The maximum absolute atomic E-state index is 12.7. The van der Waals surface area contributed by atoms with Gasteiger partial charge >= 0.3 is 0 Å². The van der Waals surface area contributed by atoms with Crippen molar-refractivity contribution in [2.24, 2.45) is 0 Å². The second-order valence-electron chi connectivity index (χ2n) is 6.97. The summed E-state index contributed by atoms with van der Waals surface area (Å²) in [5, 5.41) is 2.79. The van der Waals surface area contributed by atoms with E-state index in [0.717, 1.165) is 19.3 Å². The molecule has 0 radical (unpaired) electrons. The van der Waals surface area contributed by atoms with E-state index in [1.54, 1.807) is 30.3 Å². The van der Waals surface area contributed by atoms with E-state index in [1.807, 2.05) is 13.8 Å². The number of nitrogens with zero attached hydrogens (tertiary/aromatic N) is 1. The number of hydrogen-bond donors (Lipinski definition) is 1. The highest BCUT2D eigenvalue weighted by molar-refractivity contribution is 7.89. The van der Waals surface area contributed by atoms with Gasteiger partial charge in [-0.25, -0.2) is 8.42 Å². The van der Waals surface area contributed by atoms with Crippen LogP contribution < -0.4 is 14.8 Å².